The Morgan fingerprint density at radius 2 is 2.12 bits per heavy atom. The highest BCUT2D eigenvalue weighted by Crippen LogP contribution is 2.29. The molecule has 0 bridgehead atoms. The number of H-pyrrole nitrogens is 1. The molecule has 128 valence electrons. The van der Waals surface area contributed by atoms with Crippen LogP contribution < -0.4 is 5.56 Å². The van der Waals surface area contributed by atoms with Crippen LogP contribution in [0.5, 0.6) is 0 Å². The molecule has 6 heteroatoms. The first-order chi connectivity index (χ1) is 12.2. The fourth-order valence-electron chi connectivity index (χ4n) is 3.54. The van der Waals surface area contributed by atoms with Crippen molar-refractivity contribution in [1.29, 1.82) is 5.26 Å². The van der Waals surface area contributed by atoms with E-state index in [-0.39, 0.29) is 11.1 Å². The van der Waals surface area contributed by atoms with Crippen molar-refractivity contribution in [2.75, 3.05) is 19.6 Å². The van der Waals surface area contributed by atoms with Crippen molar-refractivity contribution >= 4 is 32.5 Å². The maximum absolute atomic E-state index is 11.8. The van der Waals surface area contributed by atoms with Gasteiger partial charge in [0, 0.05) is 11.8 Å². The van der Waals surface area contributed by atoms with Crippen LogP contribution in [0.4, 0.5) is 0 Å². The number of aromatic amines is 1. The van der Waals surface area contributed by atoms with E-state index in [4.69, 9.17) is 10.2 Å². The first kappa shape index (κ1) is 16.2. The average molecular weight is 352 g/mol. The maximum atomic E-state index is 11.8. The molecule has 25 heavy (non-hydrogen) atoms. The first-order valence-electron chi connectivity index (χ1n) is 8.82. The molecule has 0 atom stereocenters. The van der Waals surface area contributed by atoms with Crippen molar-refractivity contribution in [3.05, 3.63) is 39.1 Å². The predicted octanol–water partition coefficient (Wildman–Crippen LogP) is 3.43. The van der Waals surface area contributed by atoms with Gasteiger partial charge in [-0.25, -0.2) is 4.98 Å². The summed E-state index contributed by atoms with van der Waals surface area (Å²) < 4.78 is 1.11. The molecule has 0 radical (unpaired) electrons. The summed E-state index contributed by atoms with van der Waals surface area (Å²) in [5.41, 5.74) is 1.43. The summed E-state index contributed by atoms with van der Waals surface area (Å²) in [7, 11) is 0. The van der Waals surface area contributed by atoms with Crippen molar-refractivity contribution in [2.24, 2.45) is 0 Å². The summed E-state index contributed by atoms with van der Waals surface area (Å²) in [6, 6.07) is 7.52. The number of nitriles is 1. The third-order valence-corrected chi connectivity index (χ3v) is 5.94. The van der Waals surface area contributed by atoms with Crippen molar-refractivity contribution in [3.8, 4) is 6.07 Å². The van der Waals surface area contributed by atoms with Gasteiger partial charge in [0.1, 0.15) is 11.6 Å². The second-order valence-corrected chi connectivity index (χ2v) is 7.73. The maximum Gasteiger partial charge on any atom is 0.266 e. The molecule has 5 nitrogen and oxygen atoms in total. The van der Waals surface area contributed by atoms with E-state index in [1.54, 1.807) is 17.4 Å². The molecule has 0 saturated carbocycles. The van der Waals surface area contributed by atoms with Crippen LogP contribution in [-0.2, 0) is 6.42 Å². The van der Waals surface area contributed by atoms with Gasteiger partial charge in [-0.2, -0.15) is 5.26 Å². The van der Waals surface area contributed by atoms with Gasteiger partial charge in [-0.15, -0.1) is 11.3 Å². The molecule has 0 aliphatic carbocycles. The third kappa shape index (κ3) is 3.30. The standard InChI is InChI=1S/C19H20N4OS/c20-12-13-11-14-15(21-19(13)24)6-7-16-18(14)22-17(25-16)5-4-10-23-8-2-1-3-9-23/h6-7,11H,1-5,8-10H2,(H,21,24). The van der Waals surface area contributed by atoms with E-state index in [9.17, 15) is 4.79 Å². The molecule has 1 aliphatic rings. The van der Waals surface area contributed by atoms with Crippen molar-refractivity contribution in [3.63, 3.8) is 0 Å². The summed E-state index contributed by atoms with van der Waals surface area (Å²) in [6.07, 6.45) is 6.12. The second kappa shape index (κ2) is 6.95. The molecular weight excluding hydrogens is 332 g/mol. The van der Waals surface area contributed by atoms with Crippen LogP contribution >= 0.6 is 11.3 Å². The summed E-state index contributed by atoms with van der Waals surface area (Å²) >= 11 is 1.71. The van der Waals surface area contributed by atoms with Crippen LogP contribution in [0, 0.1) is 11.3 Å². The summed E-state index contributed by atoms with van der Waals surface area (Å²) in [6.45, 7) is 3.60. The topological polar surface area (TPSA) is 72.8 Å². The Bertz CT molecular complexity index is 1010. The number of pyridine rings is 1. The zero-order chi connectivity index (χ0) is 17.2. The average Bonchev–Trinajstić information content (AvgIpc) is 3.05. The number of piperidine rings is 1. The molecule has 4 rings (SSSR count). The molecule has 1 saturated heterocycles. The fourth-order valence-corrected chi connectivity index (χ4v) is 4.57. The number of aromatic nitrogens is 2. The monoisotopic (exact) mass is 352 g/mol. The molecule has 1 N–H and O–H groups in total. The Morgan fingerprint density at radius 3 is 2.92 bits per heavy atom. The molecule has 2 aromatic heterocycles. The zero-order valence-electron chi connectivity index (χ0n) is 14.0. The highest BCUT2D eigenvalue weighted by Gasteiger charge is 2.12. The van der Waals surface area contributed by atoms with E-state index in [0.29, 0.717) is 0 Å². The highest BCUT2D eigenvalue weighted by atomic mass is 32.1. The highest BCUT2D eigenvalue weighted by molar-refractivity contribution is 7.18. The number of fused-ring (bicyclic) bond motifs is 3. The number of nitrogens with zero attached hydrogens (tertiary/aromatic N) is 3. The zero-order valence-corrected chi connectivity index (χ0v) is 14.9. The SMILES string of the molecule is N#Cc1cc2c(ccc3sc(CCCN4CCCCC4)nc32)[nH]c1=O. The molecule has 0 spiro atoms. The number of thiazole rings is 1. The number of hydrogen-bond acceptors (Lipinski definition) is 5. The Balaban J connectivity index is 1.58. The van der Waals surface area contributed by atoms with Gasteiger partial charge in [-0.3, -0.25) is 4.79 Å². The van der Waals surface area contributed by atoms with Gasteiger partial charge < -0.3 is 9.88 Å². The third-order valence-electron chi connectivity index (χ3n) is 4.86. The molecule has 0 amide bonds. The van der Waals surface area contributed by atoms with Gasteiger partial charge in [-0.1, -0.05) is 6.42 Å². The minimum absolute atomic E-state index is 0.139. The van der Waals surface area contributed by atoms with Crippen molar-refractivity contribution < 1.29 is 0 Å². The van der Waals surface area contributed by atoms with E-state index in [1.807, 2.05) is 18.2 Å². The summed E-state index contributed by atoms with van der Waals surface area (Å²) in [5.74, 6) is 0. The second-order valence-electron chi connectivity index (χ2n) is 6.61. The number of hydrogen-bond donors (Lipinski definition) is 1. The van der Waals surface area contributed by atoms with Gasteiger partial charge in [0.05, 0.1) is 20.7 Å². The molecule has 3 aromatic rings. The molecule has 0 unspecified atom stereocenters. The van der Waals surface area contributed by atoms with Gasteiger partial charge in [-0.05, 0) is 57.1 Å². The quantitative estimate of drug-likeness (QED) is 0.781. The van der Waals surface area contributed by atoms with Crippen LogP contribution in [0.2, 0.25) is 0 Å². The van der Waals surface area contributed by atoms with Crippen LogP contribution in [0.15, 0.2) is 23.0 Å². The van der Waals surface area contributed by atoms with Crippen LogP contribution in [0.3, 0.4) is 0 Å². The van der Waals surface area contributed by atoms with Gasteiger partial charge in [0.25, 0.3) is 5.56 Å². The Hall–Kier alpha value is -2.23. The van der Waals surface area contributed by atoms with E-state index >= 15 is 0 Å². The Labute approximate surface area is 149 Å². The Morgan fingerprint density at radius 1 is 1.28 bits per heavy atom. The first-order valence-corrected chi connectivity index (χ1v) is 9.64. The smallest absolute Gasteiger partial charge is 0.266 e. The molecule has 3 heterocycles. The minimum Gasteiger partial charge on any atom is -0.321 e. The van der Waals surface area contributed by atoms with E-state index in [2.05, 4.69) is 9.88 Å². The number of rotatable bonds is 4. The molecular formula is C19H20N4OS. The number of likely N-dealkylation sites (tertiary alicyclic amines) is 1. The number of benzene rings is 1. The van der Waals surface area contributed by atoms with Crippen LogP contribution in [-0.4, -0.2) is 34.5 Å². The van der Waals surface area contributed by atoms with Gasteiger partial charge in [0.15, 0.2) is 0 Å². The van der Waals surface area contributed by atoms with Gasteiger partial charge in [0.2, 0.25) is 0 Å². The van der Waals surface area contributed by atoms with E-state index < -0.39 is 0 Å². The number of nitrogens with one attached hydrogen (secondary N) is 1. The van der Waals surface area contributed by atoms with E-state index in [1.165, 1.54) is 32.4 Å². The van der Waals surface area contributed by atoms with Crippen LogP contribution in [0.25, 0.3) is 21.1 Å². The lowest BCUT2D eigenvalue weighted by Crippen LogP contribution is -2.30. The molecule has 1 fully saturated rings. The largest absolute Gasteiger partial charge is 0.321 e. The van der Waals surface area contributed by atoms with Crippen LogP contribution in [0.1, 0.15) is 36.3 Å². The normalized spacial score (nSPS) is 15.6. The van der Waals surface area contributed by atoms with Gasteiger partial charge >= 0.3 is 0 Å². The number of aryl methyl sites for hydroxylation is 1. The lowest BCUT2D eigenvalue weighted by atomic mass is 10.1. The summed E-state index contributed by atoms with van der Waals surface area (Å²) in [4.78, 5) is 21.9. The predicted molar refractivity (Wildman–Crippen MR) is 101 cm³/mol. The fraction of sp³-hybridized carbons (Fsp3) is 0.421. The van der Waals surface area contributed by atoms with Crippen molar-refractivity contribution in [2.45, 2.75) is 32.1 Å². The van der Waals surface area contributed by atoms with Crippen molar-refractivity contribution in [1.82, 2.24) is 14.9 Å². The Kier molecular flexibility index (Phi) is 4.51. The van der Waals surface area contributed by atoms with E-state index in [0.717, 1.165) is 45.5 Å². The lowest BCUT2D eigenvalue weighted by molar-refractivity contribution is 0.226. The summed E-state index contributed by atoms with van der Waals surface area (Å²) in [5, 5.41) is 11.1. The molecule has 1 aliphatic heterocycles. The minimum atomic E-state index is -0.341. The lowest BCUT2D eigenvalue weighted by Gasteiger charge is -2.26. The molecule has 1 aromatic carbocycles.